The average Bonchev–Trinajstić information content (AvgIpc) is 3.08. The van der Waals surface area contributed by atoms with E-state index in [0.717, 1.165) is 58.8 Å². The summed E-state index contributed by atoms with van der Waals surface area (Å²) in [4.78, 5) is 14.2. The molecule has 2 heterocycles. The van der Waals surface area contributed by atoms with Crippen LogP contribution in [0.5, 0.6) is 23.1 Å². The molecular formula is C29H37NO5S. The van der Waals surface area contributed by atoms with Crippen LogP contribution in [0, 0.1) is 5.41 Å². The predicted molar refractivity (Wildman–Crippen MR) is 144 cm³/mol. The van der Waals surface area contributed by atoms with Gasteiger partial charge in [-0.05, 0) is 72.4 Å². The van der Waals surface area contributed by atoms with Crippen molar-refractivity contribution in [2.24, 2.45) is 5.41 Å². The normalized spacial score (nSPS) is 17.9. The second-order valence-electron chi connectivity index (χ2n) is 12.0. The number of aromatic amines is 1. The number of aromatic hydroxyl groups is 2. The molecule has 1 atom stereocenters. The van der Waals surface area contributed by atoms with Crippen molar-refractivity contribution in [3.8, 4) is 23.1 Å². The summed E-state index contributed by atoms with van der Waals surface area (Å²) in [6, 6.07) is 11.6. The lowest BCUT2D eigenvalue weighted by molar-refractivity contribution is 0.0173. The van der Waals surface area contributed by atoms with Crippen LogP contribution in [0.4, 0.5) is 0 Å². The number of rotatable bonds is 7. The van der Waals surface area contributed by atoms with Gasteiger partial charge in [0.25, 0.3) is 0 Å². The molecule has 3 aromatic rings. The maximum absolute atomic E-state index is 11.4. The van der Waals surface area contributed by atoms with Crippen LogP contribution >= 0.6 is 11.3 Å². The van der Waals surface area contributed by atoms with Crippen molar-refractivity contribution in [3.05, 3.63) is 67.6 Å². The molecule has 4 rings (SSSR count). The van der Waals surface area contributed by atoms with E-state index in [-0.39, 0.29) is 21.6 Å². The summed E-state index contributed by atoms with van der Waals surface area (Å²) in [7, 11) is 0. The van der Waals surface area contributed by atoms with Gasteiger partial charge < -0.3 is 19.7 Å². The summed E-state index contributed by atoms with van der Waals surface area (Å²) in [5, 5.41) is 20.6. The predicted octanol–water partition coefficient (Wildman–Crippen LogP) is 6.31. The number of benzene rings is 2. The highest BCUT2D eigenvalue weighted by molar-refractivity contribution is 7.09. The highest BCUT2D eigenvalue weighted by Gasteiger charge is 2.36. The molecule has 194 valence electrons. The third-order valence-electron chi connectivity index (χ3n) is 6.69. The van der Waals surface area contributed by atoms with Gasteiger partial charge in [0.15, 0.2) is 0 Å². The SMILES string of the molecule is CC(C)(C)CC(C)(C)c1cc2c(cc1O)CCC(C)(COc1ccc(Cc3sc(=O)[nH]c3O)cc1)O2. The Bertz CT molecular complexity index is 1280. The van der Waals surface area contributed by atoms with Crippen LogP contribution in [0.25, 0.3) is 0 Å². The topological polar surface area (TPSA) is 91.8 Å². The summed E-state index contributed by atoms with van der Waals surface area (Å²) < 4.78 is 12.6. The first-order valence-corrected chi connectivity index (χ1v) is 13.2. The first kappa shape index (κ1) is 26.1. The summed E-state index contributed by atoms with van der Waals surface area (Å²) in [6.07, 6.45) is 3.01. The molecule has 1 aliphatic rings. The molecule has 3 N–H and O–H groups in total. The Hall–Kier alpha value is -2.93. The van der Waals surface area contributed by atoms with E-state index in [2.05, 4.69) is 46.5 Å². The molecule has 0 fully saturated rings. The standard InChI is InChI=1S/C29H37NO5S/c1-27(2,3)16-28(4,5)21-15-23-19(14-22(21)31)11-12-29(6,35-23)17-34-20-9-7-18(8-10-20)13-24-25(32)30-26(33)36-24/h7-10,14-15,31-32H,11-13,16-17H2,1-6H3,(H,30,33). The molecule has 0 bridgehead atoms. The van der Waals surface area contributed by atoms with Crippen molar-refractivity contribution in [2.75, 3.05) is 6.61 Å². The smallest absolute Gasteiger partial charge is 0.307 e. The largest absolute Gasteiger partial charge is 0.508 e. The van der Waals surface area contributed by atoms with Crippen molar-refractivity contribution in [1.29, 1.82) is 0 Å². The van der Waals surface area contributed by atoms with Gasteiger partial charge in [0.05, 0.1) is 4.88 Å². The number of hydrogen-bond donors (Lipinski definition) is 3. The van der Waals surface area contributed by atoms with E-state index in [1.807, 2.05) is 36.4 Å². The van der Waals surface area contributed by atoms with Crippen molar-refractivity contribution >= 4 is 11.3 Å². The fraction of sp³-hybridized carbons (Fsp3) is 0.483. The molecule has 0 aliphatic carbocycles. The Morgan fingerprint density at radius 2 is 1.81 bits per heavy atom. The van der Waals surface area contributed by atoms with E-state index in [1.165, 1.54) is 0 Å². The quantitative estimate of drug-likeness (QED) is 0.345. The minimum atomic E-state index is -0.489. The van der Waals surface area contributed by atoms with Crippen LogP contribution in [0.15, 0.2) is 41.2 Å². The second-order valence-corrected chi connectivity index (χ2v) is 13.1. The molecule has 36 heavy (non-hydrogen) atoms. The van der Waals surface area contributed by atoms with Gasteiger partial charge >= 0.3 is 4.87 Å². The van der Waals surface area contributed by atoms with Crippen LogP contribution in [-0.2, 0) is 18.3 Å². The molecule has 2 aromatic carbocycles. The van der Waals surface area contributed by atoms with Crippen LogP contribution < -0.4 is 14.3 Å². The van der Waals surface area contributed by atoms with Crippen molar-refractivity contribution in [1.82, 2.24) is 4.98 Å². The summed E-state index contributed by atoms with van der Waals surface area (Å²) in [6.45, 7) is 13.5. The lowest BCUT2D eigenvalue weighted by Gasteiger charge is -2.38. The first-order chi connectivity index (χ1) is 16.7. The summed E-state index contributed by atoms with van der Waals surface area (Å²) in [5.74, 6) is 1.83. The highest BCUT2D eigenvalue weighted by Crippen LogP contribution is 2.45. The van der Waals surface area contributed by atoms with Gasteiger partial charge in [-0.2, -0.15) is 0 Å². The molecule has 1 unspecified atom stereocenters. The Morgan fingerprint density at radius 1 is 1.11 bits per heavy atom. The van der Waals surface area contributed by atoms with E-state index in [0.29, 0.717) is 23.7 Å². The molecule has 0 radical (unpaired) electrons. The zero-order valence-corrected chi connectivity index (χ0v) is 22.8. The van der Waals surface area contributed by atoms with Gasteiger partial charge in [-0.1, -0.05) is 58.1 Å². The third-order valence-corrected chi connectivity index (χ3v) is 7.56. The Labute approximate surface area is 216 Å². The average molecular weight is 512 g/mol. The van der Waals surface area contributed by atoms with Gasteiger partial charge in [-0.15, -0.1) is 0 Å². The van der Waals surface area contributed by atoms with E-state index < -0.39 is 5.60 Å². The number of nitrogens with one attached hydrogen (secondary N) is 1. The highest BCUT2D eigenvalue weighted by atomic mass is 32.1. The summed E-state index contributed by atoms with van der Waals surface area (Å²) >= 11 is 1.02. The van der Waals surface area contributed by atoms with Crippen molar-refractivity contribution < 1.29 is 19.7 Å². The lowest BCUT2D eigenvalue weighted by atomic mass is 9.71. The number of aryl methyl sites for hydroxylation is 1. The molecular weight excluding hydrogens is 474 g/mol. The van der Waals surface area contributed by atoms with Gasteiger partial charge in [-0.25, -0.2) is 0 Å². The first-order valence-electron chi connectivity index (χ1n) is 12.4. The van der Waals surface area contributed by atoms with Crippen LogP contribution in [0.3, 0.4) is 0 Å². The zero-order valence-electron chi connectivity index (χ0n) is 22.0. The lowest BCUT2D eigenvalue weighted by Crippen LogP contribution is -2.42. The number of phenols is 1. The number of ether oxygens (including phenoxy) is 2. The number of aromatic nitrogens is 1. The van der Waals surface area contributed by atoms with Gasteiger partial charge in [0.2, 0.25) is 5.88 Å². The van der Waals surface area contributed by atoms with Crippen molar-refractivity contribution in [3.63, 3.8) is 0 Å². The number of thiazole rings is 1. The number of H-pyrrole nitrogens is 1. The molecule has 0 saturated carbocycles. The monoisotopic (exact) mass is 511 g/mol. The maximum Gasteiger partial charge on any atom is 0.307 e. The molecule has 1 aromatic heterocycles. The van der Waals surface area contributed by atoms with Crippen LogP contribution in [0.1, 0.15) is 76.0 Å². The Balaban J connectivity index is 1.43. The minimum absolute atomic E-state index is 0.0637. The van der Waals surface area contributed by atoms with Gasteiger partial charge in [0, 0.05) is 12.0 Å². The van der Waals surface area contributed by atoms with E-state index in [9.17, 15) is 15.0 Å². The Morgan fingerprint density at radius 3 is 2.42 bits per heavy atom. The van der Waals surface area contributed by atoms with E-state index in [1.54, 1.807) is 0 Å². The minimum Gasteiger partial charge on any atom is -0.508 e. The van der Waals surface area contributed by atoms with Crippen molar-refractivity contribution in [2.45, 2.75) is 78.2 Å². The molecule has 0 saturated heterocycles. The van der Waals surface area contributed by atoms with E-state index >= 15 is 0 Å². The molecule has 7 heteroatoms. The molecule has 0 spiro atoms. The maximum atomic E-state index is 11.4. The third kappa shape index (κ3) is 6.06. The summed E-state index contributed by atoms with van der Waals surface area (Å²) in [5.41, 5.74) is 2.37. The second kappa shape index (κ2) is 9.51. The molecule has 1 aliphatic heterocycles. The molecule has 6 nitrogen and oxygen atoms in total. The molecule has 0 amide bonds. The fourth-order valence-electron chi connectivity index (χ4n) is 5.28. The number of hydrogen-bond acceptors (Lipinski definition) is 6. The number of phenolic OH excluding ortho intramolecular Hbond substituents is 1. The number of fused-ring (bicyclic) bond motifs is 1. The van der Waals surface area contributed by atoms with Crippen LogP contribution in [0.2, 0.25) is 0 Å². The van der Waals surface area contributed by atoms with E-state index in [4.69, 9.17) is 9.47 Å². The van der Waals surface area contributed by atoms with Gasteiger partial charge in [0.1, 0.15) is 29.5 Å². The zero-order chi connectivity index (χ0) is 26.3. The van der Waals surface area contributed by atoms with Gasteiger partial charge in [-0.3, -0.25) is 9.78 Å². The Kier molecular flexibility index (Phi) is 6.90. The van der Waals surface area contributed by atoms with Crippen LogP contribution in [-0.4, -0.2) is 27.4 Å². The fourth-order valence-corrected chi connectivity index (χ4v) is 6.04.